The second-order valence-electron chi connectivity index (χ2n) is 5.31. The maximum absolute atomic E-state index is 12.5. The lowest BCUT2D eigenvalue weighted by Crippen LogP contribution is -2.25. The molecular formula is C17H18ClN3OS. The van der Waals surface area contributed by atoms with Crippen molar-refractivity contribution in [1.82, 2.24) is 14.9 Å². The summed E-state index contributed by atoms with van der Waals surface area (Å²) < 4.78 is 0. The number of aromatic nitrogens is 2. The maximum Gasteiger partial charge on any atom is 0.260 e. The van der Waals surface area contributed by atoms with Crippen molar-refractivity contribution in [2.45, 2.75) is 20.4 Å². The van der Waals surface area contributed by atoms with Crippen LogP contribution in [0.15, 0.2) is 34.4 Å². The number of fused-ring (bicyclic) bond motifs is 1. The number of benzene rings is 1. The van der Waals surface area contributed by atoms with Crippen molar-refractivity contribution < 1.29 is 0 Å². The summed E-state index contributed by atoms with van der Waals surface area (Å²) in [6.45, 7) is 6.72. The fraction of sp³-hybridized carbons (Fsp3) is 0.294. The summed E-state index contributed by atoms with van der Waals surface area (Å²) in [6, 6.07) is 7.51. The van der Waals surface area contributed by atoms with E-state index in [-0.39, 0.29) is 5.56 Å². The van der Waals surface area contributed by atoms with Gasteiger partial charge in [-0.15, -0.1) is 11.3 Å². The topological polar surface area (TPSA) is 49.0 Å². The number of aromatic amines is 1. The summed E-state index contributed by atoms with van der Waals surface area (Å²) in [6.07, 6.45) is 0. The fourth-order valence-corrected chi connectivity index (χ4v) is 3.66. The standard InChI is InChI=1S/C17H18ClN3OS/c1-3-21(4-2)9-14-19-16(22)15-13(10-23-17(15)20-14)11-5-7-12(18)8-6-11/h5-8,10H,3-4,9H2,1-2H3,(H,19,20,22). The number of hydrogen-bond acceptors (Lipinski definition) is 4. The van der Waals surface area contributed by atoms with Crippen LogP contribution in [0, 0.1) is 0 Å². The lowest BCUT2D eigenvalue weighted by atomic mass is 10.1. The van der Waals surface area contributed by atoms with E-state index in [9.17, 15) is 4.79 Å². The molecule has 0 fully saturated rings. The van der Waals surface area contributed by atoms with E-state index in [1.165, 1.54) is 11.3 Å². The van der Waals surface area contributed by atoms with Gasteiger partial charge in [-0.05, 0) is 30.8 Å². The highest BCUT2D eigenvalue weighted by molar-refractivity contribution is 7.17. The molecule has 0 atom stereocenters. The Bertz CT molecular complexity index is 866. The first-order valence-electron chi connectivity index (χ1n) is 7.61. The Morgan fingerprint density at radius 2 is 1.91 bits per heavy atom. The van der Waals surface area contributed by atoms with Crippen molar-refractivity contribution in [3.8, 4) is 11.1 Å². The summed E-state index contributed by atoms with van der Waals surface area (Å²) in [7, 11) is 0. The second kappa shape index (κ2) is 6.83. The van der Waals surface area contributed by atoms with E-state index in [0.29, 0.717) is 17.0 Å². The summed E-state index contributed by atoms with van der Waals surface area (Å²) in [5.41, 5.74) is 1.80. The van der Waals surface area contributed by atoms with E-state index >= 15 is 0 Å². The first-order valence-corrected chi connectivity index (χ1v) is 8.86. The Hall–Kier alpha value is -1.69. The number of nitrogens with one attached hydrogen (secondary N) is 1. The molecule has 3 rings (SSSR count). The molecular weight excluding hydrogens is 330 g/mol. The normalized spacial score (nSPS) is 11.5. The van der Waals surface area contributed by atoms with Crippen LogP contribution in [0.5, 0.6) is 0 Å². The van der Waals surface area contributed by atoms with Gasteiger partial charge in [0.1, 0.15) is 10.7 Å². The van der Waals surface area contributed by atoms with Crippen LogP contribution >= 0.6 is 22.9 Å². The van der Waals surface area contributed by atoms with E-state index in [2.05, 4.69) is 28.7 Å². The maximum atomic E-state index is 12.5. The molecule has 0 unspecified atom stereocenters. The van der Waals surface area contributed by atoms with Crippen molar-refractivity contribution in [3.05, 3.63) is 50.8 Å². The molecule has 2 aromatic heterocycles. The molecule has 0 aliphatic carbocycles. The molecule has 1 N–H and O–H groups in total. The van der Waals surface area contributed by atoms with Crippen molar-refractivity contribution in [3.63, 3.8) is 0 Å². The van der Waals surface area contributed by atoms with E-state index in [1.807, 2.05) is 29.6 Å². The smallest absolute Gasteiger partial charge is 0.260 e. The highest BCUT2D eigenvalue weighted by atomic mass is 35.5. The van der Waals surface area contributed by atoms with Crippen LogP contribution in [0.4, 0.5) is 0 Å². The van der Waals surface area contributed by atoms with Crippen LogP contribution < -0.4 is 5.56 Å². The highest BCUT2D eigenvalue weighted by Crippen LogP contribution is 2.31. The van der Waals surface area contributed by atoms with Gasteiger partial charge in [0.05, 0.1) is 11.9 Å². The Morgan fingerprint density at radius 3 is 2.57 bits per heavy atom. The summed E-state index contributed by atoms with van der Waals surface area (Å²) in [5.74, 6) is 0.718. The predicted molar refractivity (Wildman–Crippen MR) is 97.3 cm³/mol. The third-order valence-corrected chi connectivity index (χ3v) is 5.04. The lowest BCUT2D eigenvalue weighted by molar-refractivity contribution is 0.288. The van der Waals surface area contributed by atoms with E-state index in [4.69, 9.17) is 11.6 Å². The van der Waals surface area contributed by atoms with E-state index < -0.39 is 0 Å². The monoisotopic (exact) mass is 347 g/mol. The number of thiophene rings is 1. The molecule has 23 heavy (non-hydrogen) atoms. The van der Waals surface area contributed by atoms with Crippen LogP contribution in [-0.4, -0.2) is 28.0 Å². The van der Waals surface area contributed by atoms with Crippen molar-refractivity contribution in [2.24, 2.45) is 0 Å². The summed E-state index contributed by atoms with van der Waals surface area (Å²) in [5, 5.41) is 3.32. The highest BCUT2D eigenvalue weighted by Gasteiger charge is 2.13. The molecule has 0 radical (unpaired) electrons. The average Bonchev–Trinajstić information content (AvgIpc) is 2.98. The Labute approximate surface area is 143 Å². The third kappa shape index (κ3) is 3.32. The molecule has 0 amide bonds. The number of H-pyrrole nitrogens is 1. The second-order valence-corrected chi connectivity index (χ2v) is 6.60. The van der Waals surface area contributed by atoms with Crippen LogP contribution in [0.1, 0.15) is 19.7 Å². The molecule has 6 heteroatoms. The lowest BCUT2D eigenvalue weighted by Gasteiger charge is -2.16. The number of halogens is 1. The quantitative estimate of drug-likeness (QED) is 0.754. The van der Waals surface area contributed by atoms with Gasteiger partial charge in [-0.1, -0.05) is 37.6 Å². The Kier molecular flexibility index (Phi) is 4.80. The Morgan fingerprint density at radius 1 is 1.22 bits per heavy atom. The molecule has 0 aliphatic heterocycles. The van der Waals surface area contributed by atoms with Crippen LogP contribution in [-0.2, 0) is 6.54 Å². The molecule has 120 valence electrons. The zero-order valence-corrected chi connectivity index (χ0v) is 14.7. The molecule has 4 nitrogen and oxygen atoms in total. The Balaban J connectivity index is 2.04. The molecule has 0 saturated heterocycles. The first kappa shape index (κ1) is 16.2. The van der Waals surface area contributed by atoms with E-state index in [1.54, 1.807) is 0 Å². The minimum atomic E-state index is -0.0802. The van der Waals surface area contributed by atoms with Gasteiger partial charge in [-0.2, -0.15) is 0 Å². The molecule has 0 aliphatic rings. The molecule has 1 aromatic carbocycles. The molecule has 2 heterocycles. The van der Waals surface area contributed by atoms with Crippen LogP contribution in [0.25, 0.3) is 21.3 Å². The zero-order valence-electron chi connectivity index (χ0n) is 13.1. The fourth-order valence-electron chi connectivity index (χ4n) is 2.57. The van der Waals surface area contributed by atoms with Gasteiger partial charge in [0.2, 0.25) is 0 Å². The molecule has 0 saturated carbocycles. The average molecular weight is 348 g/mol. The number of nitrogens with zero attached hydrogens (tertiary/aromatic N) is 2. The van der Waals surface area contributed by atoms with Crippen LogP contribution in [0.3, 0.4) is 0 Å². The largest absolute Gasteiger partial charge is 0.309 e. The van der Waals surface area contributed by atoms with Gasteiger partial charge in [-0.3, -0.25) is 9.69 Å². The van der Waals surface area contributed by atoms with Gasteiger partial charge in [0.25, 0.3) is 5.56 Å². The van der Waals surface area contributed by atoms with Crippen molar-refractivity contribution in [1.29, 1.82) is 0 Å². The molecule has 3 aromatic rings. The van der Waals surface area contributed by atoms with Gasteiger partial charge in [0.15, 0.2) is 0 Å². The minimum Gasteiger partial charge on any atom is -0.309 e. The number of hydrogen-bond donors (Lipinski definition) is 1. The van der Waals surface area contributed by atoms with Gasteiger partial charge >= 0.3 is 0 Å². The van der Waals surface area contributed by atoms with Crippen molar-refractivity contribution >= 4 is 33.2 Å². The third-order valence-electron chi connectivity index (χ3n) is 3.92. The van der Waals surface area contributed by atoms with Crippen molar-refractivity contribution in [2.75, 3.05) is 13.1 Å². The van der Waals surface area contributed by atoms with Gasteiger partial charge in [0, 0.05) is 16.0 Å². The number of rotatable bonds is 5. The van der Waals surface area contributed by atoms with Gasteiger partial charge in [-0.25, -0.2) is 4.98 Å². The summed E-state index contributed by atoms with van der Waals surface area (Å²) in [4.78, 5) is 23.1. The van der Waals surface area contributed by atoms with Gasteiger partial charge < -0.3 is 4.98 Å². The zero-order chi connectivity index (χ0) is 16.4. The predicted octanol–water partition coefficient (Wildman–Crippen LogP) is 4.15. The first-order chi connectivity index (χ1) is 11.1. The minimum absolute atomic E-state index is 0.0802. The molecule has 0 spiro atoms. The SMILES string of the molecule is CCN(CC)Cc1nc2scc(-c3ccc(Cl)cc3)c2c(=O)[nH]1. The summed E-state index contributed by atoms with van der Waals surface area (Å²) >= 11 is 7.44. The van der Waals surface area contributed by atoms with E-state index in [0.717, 1.165) is 34.9 Å². The molecule has 0 bridgehead atoms. The van der Waals surface area contributed by atoms with Crippen LogP contribution in [0.2, 0.25) is 5.02 Å².